The van der Waals surface area contributed by atoms with E-state index < -0.39 is 0 Å². The first-order chi connectivity index (χ1) is 7.07. The van der Waals surface area contributed by atoms with Crippen LogP contribution in [0.2, 0.25) is 0 Å². The van der Waals surface area contributed by atoms with Crippen molar-refractivity contribution in [2.24, 2.45) is 0 Å². The Hall–Kier alpha value is -1.08. The van der Waals surface area contributed by atoms with Gasteiger partial charge in [0.1, 0.15) is 0 Å². The van der Waals surface area contributed by atoms with Gasteiger partial charge in [0.05, 0.1) is 6.04 Å². The summed E-state index contributed by atoms with van der Waals surface area (Å²) in [5, 5.41) is 3.48. The zero-order valence-corrected chi connectivity index (χ0v) is 10.2. The van der Waals surface area contributed by atoms with Crippen LogP contribution in [0.5, 0.6) is 0 Å². The third-order valence-electron chi connectivity index (χ3n) is 2.73. The summed E-state index contributed by atoms with van der Waals surface area (Å²) in [6, 6.07) is 6.72. The van der Waals surface area contributed by atoms with E-state index in [0.717, 1.165) is 6.54 Å². The summed E-state index contributed by atoms with van der Waals surface area (Å²) in [5.74, 6) is 0. The fourth-order valence-corrected chi connectivity index (χ4v) is 2.01. The van der Waals surface area contributed by atoms with E-state index in [1.54, 1.807) is 0 Å². The zero-order chi connectivity index (χ0) is 11.4. The SMILES string of the molecule is C=C(C)C(NCC)c1c(C)cccc1C. The molecule has 1 heteroatoms. The molecule has 1 rings (SSSR count). The molecule has 0 spiro atoms. The van der Waals surface area contributed by atoms with Crippen LogP contribution < -0.4 is 5.32 Å². The van der Waals surface area contributed by atoms with Crippen LogP contribution >= 0.6 is 0 Å². The van der Waals surface area contributed by atoms with Gasteiger partial charge >= 0.3 is 0 Å². The number of nitrogens with one attached hydrogen (secondary N) is 1. The molecule has 0 aliphatic heterocycles. The molecule has 1 atom stereocenters. The molecule has 0 radical (unpaired) electrons. The maximum absolute atomic E-state index is 4.07. The van der Waals surface area contributed by atoms with E-state index in [9.17, 15) is 0 Å². The summed E-state index contributed by atoms with van der Waals surface area (Å²) < 4.78 is 0. The lowest BCUT2D eigenvalue weighted by molar-refractivity contribution is 0.615. The Morgan fingerprint density at radius 2 is 1.87 bits per heavy atom. The smallest absolute Gasteiger partial charge is 0.0535 e. The van der Waals surface area contributed by atoms with E-state index in [4.69, 9.17) is 0 Å². The van der Waals surface area contributed by atoms with Gasteiger partial charge < -0.3 is 5.32 Å². The quantitative estimate of drug-likeness (QED) is 0.738. The second kappa shape index (κ2) is 5.13. The molecule has 0 fully saturated rings. The van der Waals surface area contributed by atoms with Crippen LogP contribution in [0.3, 0.4) is 0 Å². The molecule has 1 unspecified atom stereocenters. The first-order valence-electron chi connectivity index (χ1n) is 5.52. The molecule has 0 saturated heterocycles. The Bertz CT molecular complexity index is 332. The van der Waals surface area contributed by atoms with Crippen LogP contribution in [0.15, 0.2) is 30.4 Å². The van der Waals surface area contributed by atoms with Crippen LogP contribution in [0.25, 0.3) is 0 Å². The van der Waals surface area contributed by atoms with E-state index >= 15 is 0 Å². The molecule has 1 aromatic carbocycles. The second-order valence-electron chi connectivity index (χ2n) is 4.14. The molecule has 0 aliphatic carbocycles. The van der Waals surface area contributed by atoms with Crippen molar-refractivity contribution < 1.29 is 0 Å². The van der Waals surface area contributed by atoms with Gasteiger partial charge in [-0.3, -0.25) is 0 Å². The van der Waals surface area contributed by atoms with Crippen molar-refractivity contribution in [3.05, 3.63) is 47.0 Å². The maximum Gasteiger partial charge on any atom is 0.0535 e. The number of hydrogen-bond acceptors (Lipinski definition) is 1. The van der Waals surface area contributed by atoms with Gasteiger partial charge in [-0.1, -0.05) is 37.3 Å². The van der Waals surface area contributed by atoms with E-state index in [-0.39, 0.29) is 6.04 Å². The number of hydrogen-bond donors (Lipinski definition) is 1. The van der Waals surface area contributed by atoms with E-state index in [1.807, 2.05) is 0 Å². The van der Waals surface area contributed by atoms with Crippen molar-refractivity contribution in [2.45, 2.75) is 33.7 Å². The Kier molecular flexibility index (Phi) is 4.10. The van der Waals surface area contributed by atoms with E-state index in [1.165, 1.54) is 22.3 Å². The lowest BCUT2D eigenvalue weighted by Gasteiger charge is -2.22. The highest BCUT2D eigenvalue weighted by Gasteiger charge is 2.14. The van der Waals surface area contributed by atoms with Crippen LogP contribution in [0.4, 0.5) is 0 Å². The first-order valence-corrected chi connectivity index (χ1v) is 5.52. The van der Waals surface area contributed by atoms with Crippen molar-refractivity contribution in [1.82, 2.24) is 5.32 Å². The average molecular weight is 203 g/mol. The zero-order valence-electron chi connectivity index (χ0n) is 10.2. The van der Waals surface area contributed by atoms with Gasteiger partial charge in [0.15, 0.2) is 0 Å². The number of benzene rings is 1. The van der Waals surface area contributed by atoms with Gasteiger partial charge in [0.25, 0.3) is 0 Å². The number of rotatable bonds is 4. The standard InChI is InChI=1S/C14H21N/c1-6-15-14(10(2)3)13-11(4)8-7-9-12(13)5/h7-9,14-15H,2,6H2,1,3-5H3. The molecule has 0 heterocycles. The molecule has 0 aliphatic rings. The molecule has 1 N–H and O–H groups in total. The molecule has 82 valence electrons. The van der Waals surface area contributed by atoms with Crippen LogP contribution in [0, 0.1) is 13.8 Å². The fourth-order valence-electron chi connectivity index (χ4n) is 2.01. The predicted octanol–water partition coefficient (Wildman–Crippen LogP) is 3.53. The summed E-state index contributed by atoms with van der Waals surface area (Å²) in [6.45, 7) is 13.6. The monoisotopic (exact) mass is 203 g/mol. The third-order valence-corrected chi connectivity index (χ3v) is 2.73. The molecule has 0 amide bonds. The van der Waals surface area contributed by atoms with Gasteiger partial charge in [-0.15, -0.1) is 0 Å². The van der Waals surface area contributed by atoms with Crippen molar-refractivity contribution in [3.8, 4) is 0 Å². The molecular formula is C14H21N. The minimum Gasteiger partial charge on any atom is -0.307 e. The molecule has 0 saturated carbocycles. The Balaban J connectivity index is 3.15. The van der Waals surface area contributed by atoms with Crippen molar-refractivity contribution in [1.29, 1.82) is 0 Å². The highest BCUT2D eigenvalue weighted by molar-refractivity contribution is 5.39. The first kappa shape index (κ1) is 12.0. The van der Waals surface area contributed by atoms with E-state index in [2.05, 4.69) is 57.8 Å². The Morgan fingerprint density at radius 1 is 1.33 bits per heavy atom. The van der Waals surface area contributed by atoms with E-state index in [0.29, 0.717) is 0 Å². The van der Waals surface area contributed by atoms with Crippen LogP contribution in [-0.2, 0) is 0 Å². The largest absolute Gasteiger partial charge is 0.307 e. The summed E-state index contributed by atoms with van der Waals surface area (Å²) in [7, 11) is 0. The maximum atomic E-state index is 4.07. The fraction of sp³-hybridized carbons (Fsp3) is 0.429. The van der Waals surface area contributed by atoms with Gasteiger partial charge in [-0.2, -0.15) is 0 Å². The van der Waals surface area contributed by atoms with Crippen molar-refractivity contribution in [3.63, 3.8) is 0 Å². The van der Waals surface area contributed by atoms with Crippen molar-refractivity contribution >= 4 is 0 Å². The molecule has 1 nitrogen and oxygen atoms in total. The van der Waals surface area contributed by atoms with Gasteiger partial charge in [0.2, 0.25) is 0 Å². The van der Waals surface area contributed by atoms with Crippen LogP contribution in [-0.4, -0.2) is 6.54 Å². The normalized spacial score (nSPS) is 12.5. The van der Waals surface area contributed by atoms with Gasteiger partial charge in [-0.25, -0.2) is 0 Å². The highest BCUT2D eigenvalue weighted by atomic mass is 14.9. The second-order valence-corrected chi connectivity index (χ2v) is 4.14. The van der Waals surface area contributed by atoms with Crippen molar-refractivity contribution in [2.75, 3.05) is 6.54 Å². The van der Waals surface area contributed by atoms with Gasteiger partial charge in [-0.05, 0) is 44.0 Å². The van der Waals surface area contributed by atoms with Crippen LogP contribution in [0.1, 0.15) is 36.6 Å². The number of aryl methyl sites for hydroxylation is 2. The molecule has 0 bridgehead atoms. The Labute approximate surface area is 93.2 Å². The lowest BCUT2D eigenvalue weighted by Crippen LogP contribution is -2.23. The minimum absolute atomic E-state index is 0.288. The molecule has 1 aromatic rings. The predicted molar refractivity (Wildman–Crippen MR) is 67.1 cm³/mol. The lowest BCUT2D eigenvalue weighted by atomic mass is 9.92. The number of likely N-dealkylation sites (N-methyl/N-ethyl adjacent to an activating group) is 1. The third kappa shape index (κ3) is 2.69. The molecule has 0 aromatic heterocycles. The minimum atomic E-state index is 0.288. The summed E-state index contributed by atoms with van der Waals surface area (Å²) in [6.07, 6.45) is 0. The Morgan fingerprint density at radius 3 is 2.27 bits per heavy atom. The average Bonchev–Trinajstić information content (AvgIpc) is 2.15. The van der Waals surface area contributed by atoms with Gasteiger partial charge in [0, 0.05) is 0 Å². The topological polar surface area (TPSA) is 12.0 Å². The summed E-state index contributed by atoms with van der Waals surface area (Å²) in [5.41, 5.74) is 5.23. The highest BCUT2D eigenvalue weighted by Crippen LogP contribution is 2.26. The summed E-state index contributed by atoms with van der Waals surface area (Å²) >= 11 is 0. The summed E-state index contributed by atoms with van der Waals surface area (Å²) in [4.78, 5) is 0. The molecular weight excluding hydrogens is 182 g/mol. The molecule has 15 heavy (non-hydrogen) atoms.